The molecule has 3 atom stereocenters. The molecule has 0 aromatic heterocycles. The first-order valence-electron chi connectivity index (χ1n) is 8.67. The van der Waals surface area contributed by atoms with E-state index < -0.39 is 0 Å². The van der Waals surface area contributed by atoms with E-state index in [9.17, 15) is 5.11 Å². The van der Waals surface area contributed by atoms with Gasteiger partial charge in [0.1, 0.15) is 0 Å². The van der Waals surface area contributed by atoms with Crippen LogP contribution in [-0.4, -0.2) is 48.3 Å². The van der Waals surface area contributed by atoms with Crippen LogP contribution in [0.1, 0.15) is 58.8 Å². The van der Waals surface area contributed by atoms with E-state index in [4.69, 9.17) is 0 Å². The van der Waals surface area contributed by atoms with Crippen molar-refractivity contribution in [3.63, 3.8) is 0 Å². The van der Waals surface area contributed by atoms with Crippen LogP contribution in [0.15, 0.2) is 0 Å². The molecule has 118 valence electrons. The van der Waals surface area contributed by atoms with Crippen LogP contribution in [0, 0.1) is 11.8 Å². The van der Waals surface area contributed by atoms with Gasteiger partial charge in [0.25, 0.3) is 0 Å². The lowest BCUT2D eigenvalue weighted by Gasteiger charge is -2.42. The molecule has 0 heterocycles. The Morgan fingerprint density at radius 1 is 1.25 bits per heavy atom. The Kier molecular flexibility index (Phi) is 5.88. The second kappa shape index (κ2) is 7.24. The van der Waals surface area contributed by atoms with Crippen molar-refractivity contribution in [2.45, 2.75) is 70.4 Å². The Balaban J connectivity index is 1.95. The quantitative estimate of drug-likeness (QED) is 0.718. The van der Waals surface area contributed by atoms with Crippen LogP contribution < -0.4 is 5.32 Å². The van der Waals surface area contributed by atoms with Crippen LogP contribution in [-0.2, 0) is 0 Å². The van der Waals surface area contributed by atoms with Gasteiger partial charge in [0, 0.05) is 12.6 Å². The maximum absolute atomic E-state index is 10.0. The molecule has 2 N–H and O–H groups in total. The fourth-order valence-electron chi connectivity index (χ4n) is 3.95. The predicted octanol–water partition coefficient (Wildman–Crippen LogP) is 2.64. The molecule has 20 heavy (non-hydrogen) atoms. The van der Waals surface area contributed by atoms with Crippen molar-refractivity contribution >= 4 is 0 Å². The molecule has 2 saturated carbocycles. The van der Waals surface area contributed by atoms with E-state index in [0.29, 0.717) is 12.0 Å². The normalized spacial score (nSPS) is 30.4. The maximum atomic E-state index is 10.0. The highest BCUT2D eigenvalue weighted by molar-refractivity contribution is 5.03. The number of likely N-dealkylation sites (N-methyl/N-ethyl adjacent to an activating group) is 1. The van der Waals surface area contributed by atoms with E-state index in [1.165, 1.54) is 38.5 Å². The molecule has 0 aromatic carbocycles. The lowest BCUT2D eigenvalue weighted by atomic mass is 9.85. The Morgan fingerprint density at radius 3 is 2.55 bits per heavy atom. The zero-order valence-corrected chi connectivity index (χ0v) is 13.7. The fourth-order valence-corrected chi connectivity index (χ4v) is 3.95. The summed E-state index contributed by atoms with van der Waals surface area (Å²) in [6.45, 7) is 6.89. The smallest absolute Gasteiger partial charge is 0.0628 e. The predicted molar refractivity (Wildman–Crippen MR) is 84.9 cm³/mol. The van der Waals surface area contributed by atoms with Gasteiger partial charge in [-0.15, -0.1) is 0 Å². The van der Waals surface area contributed by atoms with Gasteiger partial charge in [-0.3, -0.25) is 0 Å². The van der Waals surface area contributed by atoms with Crippen LogP contribution in [0.2, 0.25) is 0 Å². The van der Waals surface area contributed by atoms with Crippen molar-refractivity contribution in [1.29, 1.82) is 0 Å². The first-order valence-corrected chi connectivity index (χ1v) is 8.67. The molecule has 2 fully saturated rings. The molecular weight excluding hydrogens is 248 g/mol. The van der Waals surface area contributed by atoms with E-state index in [1.807, 2.05) is 0 Å². The molecule has 0 bridgehead atoms. The first kappa shape index (κ1) is 16.3. The number of nitrogens with one attached hydrogen (secondary N) is 1. The second-order valence-corrected chi connectivity index (χ2v) is 7.36. The summed E-state index contributed by atoms with van der Waals surface area (Å²) < 4.78 is 0. The number of hydrogen-bond acceptors (Lipinski definition) is 3. The average Bonchev–Trinajstić information content (AvgIpc) is 3.28. The molecule has 3 nitrogen and oxygen atoms in total. The van der Waals surface area contributed by atoms with Crippen LogP contribution >= 0.6 is 0 Å². The lowest BCUT2D eigenvalue weighted by molar-refractivity contribution is 0.0680. The van der Waals surface area contributed by atoms with Crippen LogP contribution in [0.4, 0.5) is 0 Å². The highest BCUT2D eigenvalue weighted by Crippen LogP contribution is 2.40. The Morgan fingerprint density at radius 2 is 2.00 bits per heavy atom. The number of hydrogen-bond donors (Lipinski definition) is 2. The van der Waals surface area contributed by atoms with Gasteiger partial charge in [-0.05, 0) is 57.5 Å². The zero-order valence-electron chi connectivity index (χ0n) is 13.7. The maximum Gasteiger partial charge on any atom is 0.0628 e. The monoisotopic (exact) mass is 282 g/mol. The largest absolute Gasteiger partial charge is 0.394 e. The standard InChI is InChI=1S/C17H34N2O/c1-4-10-18-17(13-20,15-8-9-15)12-19(3)16-7-5-6-14(2)11-16/h14-16,18,20H,4-13H2,1-3H3. The van der Waals surface area contributed by atoms with E-state index in [2.05, 4.69) is 31.1 Å². The van der Waals surface area contributed by atoms with Gasteiger partial charge >= 0.3 is 0 Å². The summed E-state index contributed by atoms with van der Waals surface area (Å²) in [4.78, 5) is 2.53. The van der Waals surface area contributed by atoms with Gasteiger partial charge in [-0.2, -0.15) is 0 Å². The van der Waals surface area contributed by atoms with Crippen molar-refractivity contribution in [3.8, 4) is 0 Å². The van der Waals surface area contributed by atoms with Gasteiger partial charge in [0.05, 0.1) is 12.1 Å². The average molecular weight is 282 g/mol. The molecule has 0 saturated heterocycles. The minimum Gasteiger partial charge on any atom is -0.394 e. The van der Waals surface area contributed by atoms with Crippen LogP contribution in [0.3, 0.4) is 0 Å². The fraction of sp³-hybridized carbons (Fsp3) is 1.00. The van der Waals surface area contributed by atoms with Gasteiger partial charge in [0.2, 0.25) is 0 Å². The summed E-state index contributed by atoms with van der Waals surface area (Å²) in [5, 5.41) is 13.7. The van der Waals surface area contributed by atoms with Crippen molar-refractivity contribution in [2.24, 2.45) is 11.8 Å². The molecular formula is C17H34N2O. The van der Waals surface area contributed by atoms with Gasteiger partial charge < -0.3 is 15.3 Å². The summed E-state index contributed by atoms with van der Waals surface area (Å²) >= 11 is 0. The highest BCUT2D eigenvalue weighted by atomic mass is 16.3. The number of rotatable bonds is 8. The third-order valence-corrected chi connectivity index (χ3v) is 5.43. The van der Waals surface area contributed by atoms with Gasteiger partial charge in [-0.25, -0.2) is 0 Å². The van der Waals surface area contributed by atoms with E-state index in [1.54, 1.807) is 0 Å². The first-order chi connectivity index (χ1) is 9.61. The molecule has 0 spiro atoms. The van der Waals surface area contributed by atoms with E-state index >= 15 is 0 Å². The Hall–Kier alpha value is -0.120. The van der Waals surface area contributed by atoms with E-state index in [0.717, 1.165) is 25.4 Å². The van der Waals surface area contributed by atoms with Crippen molar-refractivity contribution < 1.29 is 5.11 Å². The van der Waals surface area contributed by atoms with Crippen LogP contribution in [0.25, 0.3) is 0 Å². The van der Waals surface area contributed by atoms with Crippen LogP contribution in [0.5, 0.6) is 0 Å². The van der Waals surface area contributed by atoms with Crippen molar-refractivity contribution in [1.82, 2.24) is 10.2 Å². The topological polar surface area (TPSA) is 35.5 Å². The van der Waals surface area contributed by atoms with Gasteiger partial charge in [-0.1, -0.05) is 26.7 Å². The molecule has 2 rings (SSSR count). The summed E-state index contributed by atoms with van der Waals surface area (Å²) in [7, 11) is 2.27. The number of aliphatic hydroxyl groups excluding tert-OH is 1. The third-order valence-electron chi connectivity index (χ3n) is 5.43. The summed E-state index contributed by atoms with van der Waals surface area (Å²) in [5.74, 6) is 1.55. The summed E-state index contributed by atoms with van der Waals surface area (Å²) in [5.41, 5.74) is -0.0502. The second-order valence-electron chi connectivity index (χ2n) is 7.36. The molecule has 0 radical (unpaired) electrons. The van der Waals surface area contributed by atoms with Crippen molar-refractivity contribution in [3.05, 3.63) is 0 Å². The molecule has 3 heteroatoms. The summed E-state index contributed by atoms with van der Waals surface area (Å²) in [6, 6.07) is 0.715. The van der Waals surface area contributed by atoms with Crippen molar-refractivity contribution in [2.75, 3.05) is 26.7 Å². The minimum absolute atomic E-state index is 0.0502. The molecule has 2 aliphatic carbocycles. The molecule has 3 unspecified atom stereocenters. The van der Waals surface area contributed by atoms with E-state index in [-0.39, 0.29) is 12.1 Å². The Bertz CT molecular complexity index is 293. The third kappa shape index (κ3) is 3.96. The molecule has 0 aliphatic heterocycles. The molecule has 0 aromatic rings. The zero-order chi connectivity index (χ0) is 14.6. The number of aliphatic hydroxyl groups is 1. The SMILES string of the molecule is CCCNC(CO)(CN(C)C1CCCC(C)C1)C1CC1. The Labute approximate surface area is 125 Å². The lowest BCUT2D eigenvalue weighted by Crippen LogP contribution is -2.59. The minimum atomic E-state index is -0.0502. The molecule has 2 aliphatic rings. The number of nitrogens with zero attached hydrogens (tertiary/aromatic N) is 1. The van der Waals surface area contributed by atoms with Gasteiger partial charge in [0.15, 0.2) is 0 Å². The highest BCUT2D eigenvalue weighted by Gasteiger charge is 2.45. The summed E-state index contributed by atoms with van der Waals surface area (Å²) in [6.07, 6.45) is 9.13. The molecule has 0 amide bonds.